The number of carboxylic acid groups (broad SMARTS) is 1. The van der Waals surface area contributed by atoms with Gasteiger partial charge in [-0.05, 0) is 24.6 Å². The molecule has 2 rings (SSSR count). The standard InChI is InChI=1S/C14H17BrFNO2S/c1-9(12-3-2-10(16)6-13(12)15)17-4-5-20-8-11(17)7-14(18)19/h2-3,6,9,11H,4-5,7-8H2,1H3,(H,18,19). The maximum absolute atomic E-state index is 13.2. The molecule has 1 fully saturated rings. The number of halogens is 2. The number of thioether (sulfide) groups is 1. The van der Waals surface area contributed by atoms with Gasteiger partial charge in [0.05, 0.1) is 6.42 Å². The van der Waals surface area contributed by atoms with Gasteiger partial charge in [0.2, 0.25) is 0 Å². The lowest BCUT2D eigenvalue weighted by Crippen LogP contribution is -2.44. The maximum Gasteiger partial charge on any atom is 0.304 e. The summed E-state index contributed by atoms with van der Waals surface area (Å²) in [6.45, 7) is 2.90. The van der Waals surface area contributed by atoms with Crippen molar-refractivity contribution in [3.8, 4) is 0 Å². The van der Waals surface area contributed by atoms with Crippen molar-refractivity contribution in [3.05, 3.63) is 34.1 Å². The van der Waals surface area contributed by atoms with Crippen LogP contribution in [0.2, 0.25) is 0 Å². The summed E-state index contributed by atoms with van der Waals surface area (Å²) in [7, 11) is 0. The third-order valence-corrected chi connectivity index (χ3v) is 5.37. The maximum atomic E-state index is 13.2. The van der Waals surface area contributed by atoms with Gasteiger partial charge in [-0.2, -0.15) is 11.8 Å². The first-order valence-electron chi connectivity index (χ1n) is 6.49. The van der Waals surface area contributed by atoms with Crippen molar-refractivity contribution >= 4 is 33.7 Å². The van der Waals surface area contributed by atoms with E-state index >= 15 is 0 Å². The van der Waals surface area contributed by atoms with Crippen molar-refractivity contribution in [1.82, 2.24) is 4.90 Å². The van der Waals surface area contributed by atoms with Crippen LogP contribution in [0.3, 0.4) is 0 Å². The minimum absolute atomic E-state index is 0.0261. The van der Waals surface area contributed by atoms with Gasteiger partial charge < -0.3 is 5.11 Å². The van der Waals surface area contributed by atoms with E-state index in [1.165, 1.54) is 12.1 Å². The molecule has 6 heteroatoms. The third-order valence-electron chi connectivity index (χ3n) is 3.59. The van der Waals surface area contributed by atoms with Gasteiger partial charge >= 0.3 is 5.97 Å². The van der Waals surface area contributed by atoms with Gasteiger partial charge in [0.15, 0.2) is 0 Å². The second-order valence-corrected chi connectivity index (χ2v) is 6.91. The quantitative estimate of drug-likeness (QED) is 0.890. The summed E-state index contributed by atoms with van der Waals surface area (Å²) in [5.74, 6) is 0.784. The first-order chi connectivity index (χ1) is 9.49. The van der Waals surface area contributed by atoms with Crippen LogP contribution in [-0.4, -0.2) is 40.1 Å². The van der Waals surface area contributed by atoms with Gasteiger partial charge in [-0.25, -0.2) is 4.39 Å². The summed E-state index contributed by atoms with van der Waals surface area (Å²) >= 11 is 5.19. The van der Waals surface area contributed by atoms with Crippen LogP contribution in [-0.2, 0) is 4.79 Å². The van der Waals surface area contributed by atoms with E-state index in [4.69, 9.17) is 5.11 Å². The molecule has 2 atom stereocenters. The van der Waals surface area contributed by atoms with E-state index in [1.54, 1.807) is 17.8 Å². The Kier molecular flexibility index (Phi) is 5.46. The van der Waals surface area contributed by atoms with Crippen LogP contribution in [0.4, 0.5) is 4.39 Å². The molecule has 0 aliphatic carbocycles. The zero-order valence-corrected chi connectivity index (χ0v) is 13.6. The van der Waals surface area contributed by atoms with Gasteiger partial charge in [-0.15, -0.1) is 0 Å². The summed E-state index contributed by atoms with van der Waals surface area (Å²) in [5, 5.41) is 9.03. The van der Waals surface area contributed by atoms with Gasteiger partial charge in [0.25, 0.3) is 0 Å². The fourth-order valence-electron chi connectivity index (χ4n) is 2.57. The van der Waals surface area contributed by atoms with E-state index in [0.717, 1.165) is 28.1 Å². The van der Waals surface area contributed by atoms with E-state index in [-0.39, 0.29) is 24.3 Å². The molecule has 0 spiro atoms. The summed E-state index contributed by atoms with van der Waals surface area (Å²) < 4.78 is 13.9. The van der Waals surface area contributed by atoms with Gasteiger partial charge in [0.1, 0.15) is 5.82 Å². The smallest absolute Gasteiger partial charge is 0.304 e. The molecule has 0 radical (unpaired) electrons. The summed E-state index contributed by atoms with van der Waals surface area (Å²) in [4.78, 5) is 13.2. The van der Waals surface area contributed by atoms with E-state index < -0.39 is 5.97 Å². The first kappa shape index (κ1) is 15.8. The monoisotopic (exact) mass is 361 g/mol. The highest BCUT2D eigenvalue weighted by molar-refractivity contribution is 9.10. The van der Waals surface area contributed by atoms with E-state index in [2.05, 4.69) is 20.8 Å². The molecule has 1 aliphatic rings. The SMILES string of the molecule is CC(c1ccc(F)cc1Br)N1CCSCC1CC(=O)O. The first-order valence-corrected chi connectivity index (χ1v) is 8.44. The van der Waals surface area contributed by atoms with Crippen LogP contribution < -0.4 is 0 Å². The molecule has 1 saturated heterocycles. The Labute approximate surface area is 130 Å². The molecular weight excluding hydrogens is 345 g/mol. The number of hydrogen-bond acceptors (Lipinski definition) is 3. The van der Waals surface area contributed by atoms with Gasteiger partial charge in [0, 0.05) is 34.6 Å². The molecule has 1 aromatic rings. The highest BCUT2D eigenvalue weighted by Crippen LogP contribution is 2.33. The van der Waals surface area contributed by atoms with Crippen molar-refractivity contribution in [2.75, 3.05) is 18.1 Å². The minimum atomic E-state index is -0.770. The van der Waals surface area contributed by atoms with Crippen LogP contribution >= 0.6 is 27.7 Å². The lowest BCUT2D eigenvalue weighted by atomic mass is 10.0. The predicted octanol–water partition coefficient (Wildman–Crippen LogP) is 3.54. The Bertz CT molecular complexity index is 500. The average molecular weight is 362 g/mol. The van der Waals surface area contributed by atoms with Crippen LogP contribution in [0.15, 0.2) is 22.7 Å². The van der Waals surface area contributed by atoms with Crippen LogP contribution in [0.1, 0.15) is 24.9 Å². The van der Waals surface area contributed by atoms with Crippen LogP contribution in [0.25, 0.3) is 0 Å². The van der Waals surface area contributed by atoms with Crippen molar-refractivity contribution < 1.29 is 14.3 Å². The number of hydrogen-bond donors (Lipinski definition) is 1. The number of carbonyl (C=O) groups is 1. The zero-order valence-electron chi connectivity index (χ0n) is 11.2. The number of rotatable bonds is 4. The van der Waals surface area contributed by atoms with Crippen molar-refractivity contribution in [2.45, 2.75) is 25.4 Å². The third kappa shape index (κ3) is 3.74. The molecule has 1 aliphatic heterocycles. The van der Waals surface area contributed by atoms with Crippen LogP contribution in [0, 0.1) is 5.82 Å². The second-order valence-electron chi connectivity index (χ2n) is 4.91. The van der Waals surface area contributed by atoms with Crippen molar-refractivity contribution in [3.63, 3.8) is 0 Å². The van der Waals surface area contributed by atoms with E-state index in [9.17, 15) is 9.18 Å². The summed E-state index contributed by atoms with van der Waals surface area (Å²) in [5.41, 5.74) is 0.994. The second kappa shape index (κ2) is 6.91. The fourth-order valence-corrected chi connectivity index (χ4v) is 4.34. The molecular formula is C14H17BrFNO2S. The highest BCUT2D eigenvalue weighted by Gasteiger charge is 2.30. The molecule has 0 amide bonds. The highest BCUT2D eigenvalue weighted by atomic mass is 79.9. The molecule has 20 heavy (non-hydrogen) atoms. The lowest BCUT2D eigenvalue weighted by molar-refractivity contribution is -0.138. The van der Waals surface area contributed by atoms with Gasteiger partial charge in [-0.1, -0.05) is 22.0 Å². The zero-order chi connectivity index (χ0) is 14.7. The predicted molar refractivity (Wildman–Crippen MR) is 82.6 cm³/mol. The molecule has 0 aromatic heterocycles. The largest absolute Gasteiger partial charge is 0.481 e. The van der Waals surface area contributed by atoms with E-state index in [0.29, 0.717) is 0 Å². The Morgan fingerprint density at radius 1 is 1.65 bits per heavy atom. The Hall–Kier alpha value is -0.590. The Balaban J connectivity index is 2.20. The number of nitrogens with zero attached hydrogens (tertiary/aromatic N) is 1. The molecule has 2 unspecified atom stereocenters. The number of carboxylic acids is 1. The van der Waals surface area contributed by atoms with Crippen LogP contribution in [0.5, 0.6) is 0 Å². The molecule has 1 aromatic carbocycles. The van der Waals surface area contributed by atoms with E-state index in [1.807, 2.05) is 6.92 Å². The van der Waals surface area contributed by atoms with Gasteiger partial charge in [-0.3, -0.25) is 9.69 Å². The van der Waals surface area contributed by atoms with Crippen molar-refractivity contribution in [2.24, 2.45) is 0 Å². The molecule has 0 bridgehead atoms. The Morgan fingerprint density at radius 3 is 3.05 bits per heavy atom. The Morgan fingerprint density at radius 2 is 2.40 bits per heavy atom. The minimum Gasteiger partial charge on any atom is -0.481 e. The molecule has 3 nitrogen and oxygen atoms in total. The lowest BCUT2D eigenvalue weighted by Gasteiger charge is -2.39. The molecule has 1 heterocycles. The molecule has 0 saturated carbocycles. The average Bonchev–Trinajstić information content (AvgIpc) is 2.38. The topological polar surface area (TPSA) is 40.5 Å². The van der Waals surface area contributed by atoms with Crippen molar-refractivity contribution in [1.29, 1.82) is 0 Å². The summed E-state index contributed by atoms with van der Waals surface area (Å²) in [6.07, 6.45) is 0.149. The molecule has 110 valence electrons. The number of benzene rings is 1. The normalized spacial score (nSPS) is 21.6. The fraction of sp³-hybridized carbons (Fsp3) is 0.500. The molecule has 1 N–H and O–H groups in total. The summed E-state index contributed by atoms with van der Waals surface area (Å²) in [6, 6.07) is 4.76. The number of aliphatic carboxylic acids is 1.